The fraction of sp³-hybridized carbons (Fsp3) is 0.100. The number of carbonyl (C=O) groups is 1. The van der Waals surface area contributed by atoms with Gasteiger partial charge in [0.05, 0.1) is 10.6 Å². The number of anilines is 2. The Hall–Kier alpha value is -3.39. The van der Waals surface area contributed by atoms with Crippen LogP contribution < -0.4 is 10.0 Å². The van der Waals surface area contributed by atoms with E-state index in [0.717, 1.165) is 5.56 Å². The van der Waals surface area contributed by atoms with Crippen molar-refractivity contribution >= 4 is 33.6 Å². The summed E-state index contributed by atoms with van der Waals surface area (Å²) in [6.45, 7) is 3.44. The average Bonchev–Trinajstić information content (AvgIpc) is 2.99. The quantitative estimate of drug-likeness (QED) is 0.617. The highest BCUT2D eigenvalue weighted by Gasteiger charge is 2.19. The van der Waals surface area contributed by atoms with Crippen molar-refractivity contribution in [2.75, 3.05) is 10.0 Å². The number of hydrogen-bond acceptors (Lipinski definition) is 5. The number of benzene rings is 2. The molecule has 0 saturated carbocycles. The molecule has 0 aliphatic heterocycles. The minimum absolute atomic E-state index is 0.0405. The molecular weight excluding hydrogens is 378 g/mol. The Morgan fingerprint density at radius 2 is 1.71 bits per heavy atom. The van der Waals surface area contributed by atoms with Crippen molar-refractivity contribution in [3.05, 3.63) is 77.5 Å². The van der Waals surface area contributed by atoms with Gasteiger partial charge < -0.3 is 9.84 Å². The summed E-state index contributed by atoms with van der Waals surface area (Å²) in [4.78, 5) is 12.0. The summed E-state index contributed by atoms with van der Waals surface area (Å²) in [6.07, 6.45) is 3.11. The fourth-order valence-electron chi connectivity index (χ4n) is 2.33. The maximum atomic E-state index is 12.5. The highest BCUT2D eigenvalue weighted by molar-refractivity contribution is 7.92. The first-order chi connectivity index (χ1) is 13.3. The number of hydrogen-bond donors (Lipinski definition) is 2. The second-order valence-electron chi connectivity index (χ2n) is 6.09. The van der Waals surface area contributed by atoms with E-state index < -0.39 is 10.0 Å². The predicted octanol–water partition coefficient (Wildman–Crippen LogP) is 3.74. The third-order valence-electron chi connectivity index (χ3n) is 4.04. The summed E-state index contributed by atoms with van der Waals surface area (Å²) in [5.41, 5.74) is 2.62. The van der Waals surface area contributed by atoms with Crippen molar-refractivity contribution in [3.8, 4) is 0 Å². The van der Waals surface area contributed by atoms with E-state index in [1.165, 1.54) is 30.3 Å². The number of carbonyl (C=O) groups excluding carboxylic acids is 1. The van der Waals surface area contributed by atoms with E-state index in [4.69, 9.17) is 4.52 Å². The molecule has 0 spiro atoms. The number of aromatic nitrogens is 1. The van der Waals surface area contributed by atoms with Crippen molar-refractivity contribution in [3.63, 3.8) is 0 Å². The average molecular weight is 397 g/mol. The lowest BCUT2D eigenvalue weighted by atomic mass is 10.2. The van der Waals surface area contributed by atoms with Crippen LogP contribution in [0, 0.1) is 13.8 Å². The van der Waals surface area contributed by atoms with Crippen molar-refractivity contribution in [2.45, 2.75) is 18.7 Å². The lowest BCUT2D eigenvalue weighted by Crippen LogP contribution is -2.13. The monoisotopic (exact) mass is 397 g/mol. The Bertz CT molecular complexity index is 1100. The number of amides is 1. The Morgan fingerprint density at radius 1 is 1.04 bits per heavy atom. The Morgan fingerprint density at radius 3 is 2.32 bits per heavy atom. The molecule has 0 bridgehead atoms. The van der Waals surface area contributed by atoms with E-state index in [-0.39, 0.29) is 16.7 Å². The molecule has 8 heteroatoms. The fourth-order valence-corrected chi connectivity index (χ4v) is 3.38. The van der Waals surface area contributed by atoms with Crippen LogP contribution in [0.5, 0.6) is 0 Å². The number of nitrogens with one attached hydrogen (secondary N) is 2. The molecule has 3 aromatic rings. The minimum Gasteiger partial charge on any atom is -0.337 e. The first kappa shape index (κ1) is 19.4. The van der Waals surface area contributed by atoms with E-state index in [9.17, 15) is 13.2 Å². The van der Waals surface area contributed by atoms with Crippen molar-refractivity contribution in [1.82, 2.24) is 5.16 Å². The van der Waals surface area contributed by atoms with Gasteiger partial charge in [-0.05, 0) is 49.8 Å². The van der Waals surface area contributed by atoms with Gasteiger partial charge in [0, 0.05) is 17.3 Å². The highest BCUT2D eigenvalue weighted by atomic mass is 32.2. The van der Waals surface area contributed by atoms with Crippen LogP contribution in [-0.4, -0.2) is 19.5 Å². The maximum absolute atomic E-state index is 12.5. The Kier molecular flexibility index (Phi) is 5.60. The molecule has 1 heterocycles. The van der Waals surface area contributed by atoms with Crippen LogP contribution in [0.15, 0.2) is 70.1 Å². The van der Waals surface area contributed by atoms with Gasteiger partial charge >= 0.3 is 0 Å². The largest absolute Gasteiger partial charge is 0.337 e. The van der Waals surface area contributed by atoms with Crippen molar-refractivity contribution in [2.24, 2.45) is 0 Å². The molecule has 7 nitrogen and oxygen atoms in total. The van der Waals surface area contributed by atoms with Crippen LogP contribution in [0.25, 0.3) is 6.08 Å². The van der Waals surface area contributed by atoms with Crippen LogP contribution >= 0.6 is 0 Å². The summed E-state index contributed by atoms with van der Waals surface area (Å²) >= 11 is 0. The van der Waals surface area contributed by atoms with Gasteiger partial charge in [-0.15, -0.1) is 0 Å². The lowest BCUT2D eigenvalue weighted by molar-refractivity contribution is -0.111. The molecule has 0 fully saturated rings. The SMILES string of the molecule is Cc1noc(NS(=O)(=O)c2ccc(NC(=O)/C=C/c3ccccc3)cc2)c1C. The first-order valence-electron chi connectivity index (χ1n) is 8.45. The summed E-state index contributed by atoms with van der Waals surface area (Å²) in [6, 6.07) is 15.3. The zero-order valence-corrected chi connectivity index (χ0v) is 16.2. The second-order valence-corrected chi connectivity index (χ2v) is 7.77. The topological polar surface area (TPSA) is 101 Å². The summed E-state index contributed by atoms with van der Waals surface area (Å²) < 4.78 is 32.3. The zero-order valence-electron chi connectivity index (χ0n) is 15.3. The molecule has 28 heavy (non-hydrogen) atoms. The Labute approximate surface area is 163 Å². The third-order valence-corrected chi connectivity index (χ3v) is 5.39. The van der Waals surface area contributed by atoms with E-state index in [1.54, 1.807) is 19.9 Å². The molecule has 0 unspecified atom stereocenters. The molecule has 1 aromatic heterocycles. The molecule has 0 aliphatic carbocycles. The van der Waals surface area contributed by atoms with E-state index in [2.05, 4.69) is 15.2 Å². The molecular formula is C20H19N3O4S. The van der Waals surface area contributed by atoms with Gasteiger partial charge in [0.15, 0.2) is 0 Å². The summed E-state index contributed by atoms with van der Waals surface area (Å²) in [7, 11) is -3.82. The number of sulfonamides is 1. The van der Waals surface area contributed by atoms with E-state index >= 15 is 0 Å². The van der Waals surface area contributed by atoms with E-state index in [0.29, 0.717) is 16.9 Å². The lowest BCUT2D eigenvalue weighted by Gasteiger charge is -2.07. The molecule has 0 aliphatic rings. The molecule has 3 rings (SSSR count). The van der Waals surface area contributed by atoms with Crippen molar-refractivity contribution < 1.29 is 17.7 Å². The smallest absolute Gasteiger partial charge is 0.264 e. The van der Waals surface area contributed by atoms with Gasteiger partial charge in [0.2, 0.25) is 11.8 Å². The van der Waals surface area contributed by atoms with E-state index in [1.807, 2.05) is 30.3 Å². The van der Waals surface area contributed by atoms with Crippen molar-refractivity contribution in [1.29, 1.82) is 0 Å². The van der Waals surface area contributed by atoms with Crippen LogP contribution in [-0.2, 0) is 14.8 Å². The van der Waals surface area contributed by atoms with Crippen LogP contribution in [0.4, 0.5) is 11.6 Å². The Balaban J connectivity index is 1.66. The molecule has 1 amide bonds. The number of aryl methyl sites for hydroxylation is 1. The molecule has 0 atom stereocenters. The standard InChI is InChI=1S/C20H19N3O4S/c1-14-15(2)22-27-20(14)23-28(25,26)18-11-9-17(10-12-18)21-19(24)13-8-16-6-4-3-5-7-16/h3-13,23H,1-2H3,(H,21,24)/b13-8+. The second kappa shape index (κ2) is 8.10. The predicted molar refractivity (Wildman–Crippen MR) is 107 cm³/mol. The molecule has 2 N–H and O–H groups in total. The summed E-state index contributed by atoms with van der Waals surface area (Å²) in [5.74, 6) is -0.230. The number of rotatable bonds is 6. The first-order valence-corrected chi connectivity index (χ1v) is 9.93. The minimum atomic E-state index is -3.82. The molecule has 2 aromatic carbocycles. The zero-order chi connectivity index (χ0) is 20.1. The van der Waals surface area contributed by atoms with Gasteiger partial charge in [0.25, 0.3) is 10.0 Å². The molecule has 0 radical (unpaired) electrons. The van der Waals surface area contributed by atoms with Crippen LogP contribution in [0.2, 0.25) is 0 Å². The van der Waals surface area contributed by atoms with Crippen LogP contribution in [0.1, 0.15) is 16.8 Å². The normalized spacial score (nSPS) is 11.5. The van der Waals surface area contributed by atoms with Gasteiger partial charge in [-0.25, -0.2) is 13.1 Å². The highest BCUT2D eigenvalue weighted by Crippen LogP contribution is 2.22. The molecule has 144 valence electrons. The van der Waals surface area contributed by atoms with Gasteiger partial charge in [0.1, 0.15) is 0 Å². The van der Waals surface area contributed by atoms with Crippen LogP contribution in [0.3, 0.4) is 0 Å². The third kappa shape index (κ3) is 4.66. The van der Waals surface area contributed by atoms with Gasteiger partial charge in [-0.3, -0.25) is 4.79 Å². The summed E-state index contributed by atoms with van der Waals surface area (Å²) in [5, 5.41) is 6.41. The van der Waals surface area contributed by atoms with Gasteiger partial charge in [-0.1, -0.05) is 35.5 Å². The number of nitrogens with zero attached hydrogens (tertiary/aromatic N) is 1. The maximum Gasteiger partial charge on any atom is 0.264 e. The molecule has 0 saturated heterocycles. The van der Waals surface area contributed by atoms with Gasteiger partial charge in [-0.2, -0.15) is 0 Å².